The van der Waals surface area contributed by atoms with E-state index in [1.807, 2.05) is 6.92 Å². The van der Waals surface area contributed by atoms with Gasteiger partial charge in [0.1, 0.15) is 5.75 Å². The van der Waals surface area contributed by atoms with Crippen molar-refractivity contribution in [1.29, 1.82) is 0 Å². The molecule has 1 aliphatic heterocycles. The smallest absolute Gasteiger partial charge is 0.337 e. The summed E-state index contributed by atoms with van der Waals surface area (Å²) in [5, 5.41) is 0. The topological polar surface area (TPSA) is 55.8 Å². The summed E-state index contributed by atoms with van der Waals surface area (Å²) in [7, 11) is 1.35. The molecule has 1 atom stereocenters. The minimum Gasteiger partial charge on any atom is -0.478 e. The van der Waals surface area contributed by atoms with Crippen molar-refractivity contribution in [3.8, 4) is 5.75 Å². The van der Waals surface area contributed by atoms with Gasteiger partial charge in [0.25, 0.3) is 5.91 Å². The Bertz CT molecular complexity index is 556. The van der Waals surface area contributed by atoms with Crippen molar-refractivity contribution in [2.75, 3.05) is 18.6 Å². The number of carbonyl (C=O) groups is 2. The van der Waals surface area contributed by atoms with Crippen LogP contribution >= 0.6 is 0 Å². The number of unbranched alkanes of at least 4 members (excludes halogenated alkanes) is 1. The lowest BCUT2D eigenvalue weighted by Gasteiger charge is -2.34. The highest BCUT2D eigenvalue weighted by molar-refractivity contribution is 6.01. The molecule has 1 unspecified atom stereocenters. The molecule has 22 heavy (non-hydrogen) atoms. The fraction of sp³-hybridized carbons (Fsp3) is 0.529. The quantitative estimate of drug-likeness (QED) is 0.758. The molecule has 0 saturated carbocycles. The second kappa shape index (κ2) is 7.29. The molecule has 0 fully saturated rings. The van der Waals surface area contributed by atoms with Gasteiger partial charge in [-0.15, -0.1) is 0 Å². The zero-order chi connectivity index (χ0) is 16.1. The standard InChI is InChI=1S/C17H23NO4/c1-4-6-7-14-16(19)18(10-5-2)13-9-8-12(17(20)21-3)11-15(13)22-14/h8-9,11,14H,4-7,10H2,1-3H3. The second-order valence-electron chi connectivity index (χ2n) is 5.41. The Morgan fingerprint density at radius 3 is 2.73 bits per heavy atom. The van der Waals surface area contributed by atoms with Crippen molar-refractivity contribution in [3.05, 3.63) is 23.8 Å². The third-order valence-corrected chi connectivity index (χ3v) is 3.75. The molecule has 1 amide bonds. The van der Waals surface area contributed by atoms with Gasteiger partial charge in [0, 0.05) is 6.54 Å². The summed E-state index contributed by atoms with van der Waals surface area (Å²) < 4.78 is 10.6. The van der Waals surface area contributed by atoms with Crippen molar-refractivity contribution in [1.82, 2.24) is 0 Å². The molecule has 1 aliphatic rings. The Balaban J connectivity index is 2.35. The lowest BCUT2D eigenvalue weighted by Crippen LogP contribution is -2.46. The highest BCUT2D eigenvalue weighted by Crippen LogP contribution is 2.36. The normalized spacial score (nSPS) is 17.0. The number of amides is 1. The zero-order valence-electron chi connectivity index (χ0n) is 13.4. The SMILES string of the molecule is CCCCC1Oc2cc(C(=O)OC)ccc2N(CCC)C1=O. The van der Waals surface area contributed by atoms with Crippen LogP contribution in [0.5, 0.6) is 5.75 Å². The number of esters is 1. The van der Waals surface area contributed by atoms with Gasteiger partial charge < -0.3 is 14.4 Å². The Morgan fingerprint density at radius 1 is 1.32 bits per heavy atom. The zero-order valence-corrected chi connectivity index (χ0v) is 13.4. The Labute approximate surface area is 131 Å². The summed E-state index contributed by atoms with van der Waals surface area (Å²) in [5.41, 5.74) is 1.16. The molecule has 0 bridgehead atoms. The predicted molar refractivity (Wildman–Crippen MR) is 84.4 cm³/mol. The highest BCUT2D eigenvalue weighted by atomic mass is 16.5. The van der Waals surface area contributed by atoms with Gasteiger partial charge in [0.15, 0.2) is 6.10 Å². The number of methoxy groups -OCH3 is 1. The van der Waals surface area contributed by atoms with E-state index < -0.39 is 12.1 Å². The highest BCUT2D eigenvalue weighted by Gasteiger charge is 2.33. The van der Waals surface area contributed by atoms with Crippen LogP contribution in [0.15, 0.2) is 18.2 Å². The molecule has 5 nitrogen and oxygen atoms in total. The van der Waals surface area contributed by atoms with Crippen molar-refractivity contribution in [2.45, 2.75) is 45.6 Å². The van der Waals surface area contributed by atoms with E-state index in [2.05, 4.69) is 6.92 Å². The van der Waals surface area contributed by atoms with Crippen LogP contribution in [-0.4, -0.2) is 31.6 Å². The van der Waals surface area contributed by atoms with E-state index in [9.17, 15) is 9.59 Å². The largest absolute Gasteiger partial charge is 0.478 e. The average molecular weight is 305 g/mol. The number of anilines is 1. The van der Waals surface area contributed by atoms with Gasteiger partial charge >= 0.3 is 5.97 Å². The Morgan fingerprint density at radius 2 is 2.09 bits per heavy atom. The summed E-state index contributed by atoms with van der Waals surface area (Å²) in [6.45, 7) is 4.77. The minimum absolute atomic E-state index is 0.00798. The van der Waals surface area contributed by atoms with Crippen molar-refractivity contribution in [2.24, 2.45) is 0 Å². The molecule has 0 saturated heterocycles. The molecule has 0 spiro atoms. The number of nitrogens with zero attached hydrogens (tertiary/aromatic N) is 1. The Hall–Kier alpha value is -2.04. The fourth-order valence-corrected chi connectivity index (χ4v) is 2.60. The van der Waals surface area contributed by atoms with Gasteiger partial charge in [-0.3, -0.25) is 4.79 Å². The average Bonchev–Trinajstić information content (AvgIpc) is 2.54. The molecule has 2 rings (SSSR count). The number of rotatable bonds is 6. The van der Waals surface area contributed by atoms with Crippen molar-refractivity contribution >= 4 is 17.6 Å². The molecule has 0 aromatic heterocycles. The monoisotopic (exact) mass is 305 g/mol. The second-order valence-corrected chi connectivity index (χ2v) is 5.41. The predicted octanol–water partition coefficient (Wildman–Crippen LogP) is 3.17. The number of fused-ring (bicyclic) bond motifs is 1. The number of carbonyl (C=O) groups excluding carboxylic acids is 2. The first-order valence-corrected chi connectivity index (χ1v) is 7.82. The van der Waals surface area contributed by atoms with Crippen LogP contribution in [0.4, 0.5) is 5.69 Å². The van der Waals surface area contributed by atoms with Gasteiger partial charge in [0.2, 0.25) is 0 Å². The molecule has 0 N–H and O–H groups in total. The minimum atomic E-state index is -0.466. The first-order chi connectivity index (χ1) is 10.6. The maximum Gasteiger partial charge on any atom is 0.337 e. The van der Waals surface area contributed by atoms with Crippen LogP contribution in [-0.2, 0) is 9.53 Å². The number of benzene rings is 1. The molecule has 1 heterocycles. The first kappa shape index (κ1) is 16.3. The molecule has 120 valence electrons. The van der Waals surface area contributed by atoms with E-state index in [1.54, 1.807) is 23.1 Å². The lowest BCUT2D eigenvalue weighted by molar-refractivity contribution is -0.126. The summed E-state index contributed by atoms with van der Waals surface area (Å²) in [5.74, 6) is 0.182. The third-order valence-electron chi connectivity index (χ3n) is 3.75. The van der Waals surface area contributed by atoms with E-state index in [1.165, 1.54) is 7.11 Å². The summed E-state index contributed by atoms with van der Waals surface area (Å²) in [6, 6.07) is 5.08. The van der Waals surface area contributed by atoms with Crippen molar-refractivity contribution < 1.29 is 19.1 Å². The molecular formula is C17H23NO4. The molecule has 1 aromatic rings. The van der Waals surface area contributed by atoms with Crippen LogP contribution in [0.3, 0.4) is 0 Å². The fourth-order valence-electron chi connectivity index (χ4n) is 2.60. The molecule has 1 aromatic carbocycles. The number of hydrogen-bond acceptors (Lipinski definition) is 4. The molecule has 5 heteroatoms. The Kier molecular flexibility index (Phi) is 5.41. The van der Waals surface area contributed by atoms with E-state index in [0.717, 1.165) is 24.9 Å². The molecule has 0 radical (unpaired) electrons. The number of ether oxygens (including phenoxy) is 2. The first-order valence-electron chi connectivity index (χ1n) is 7.82. The van der Waals surface area contributed by atoms with Gasteiger partial charge in [0.05, 0.1) is 18.4 Å². The van der Waals surface area contributed by atoms with Crippen LogP contribution in [0.1, 0.15) is 49.9 Å². The van der Waals surface area contributed by atoms with E-state index >= 15 is 0 Å². The van der Waals surface area contributed by atoms with Gasteiger partial charge in [-0.05, 0) is 37.5 Å². The van der Waals surface area contributed by atoms with E-state index in [0.29, 0.717) is 24.3 Å². The van der Waals surface area contributed by atoms with Crippen LogP contribution in [0.2, 0.25) is 0 Å². The lowest BCUT2D eigenvalue weighted by atomic mass is 10.1. The molecule has 0 aliphatic carbocycles. The maximum absolute atomic E-state index is 12.6. The van der Waals surface area contributed by atoms with E-state index in [4.69, 9.17) is 9.47 Å². The maximum atomic E-state index is 12.6. The molecular weight excluding hydrogens is 282 g/mol. The van der Waals surface area contributed by atoms with Gasteiger partial charge in [-0.25, -0.2) is 4.79 Å². The van der Waals surface area contributed by atoms with Gasteiger partial charge in [-0.2, -0.15) is 0 Å². The van der Waals surface area contributed by atoms with Crippen LogP contribution < -0.4 is 9.64 Å². The summed E-state index contributed by atoms with van der Waals surface area (Å²) in [6.07, 6.45) is 3.03. The van der Waals surface area contributed by atoms with Crippen LogP contribution in [0.25, 0.3) is 0 Å². The summed E-state index contributed by atoms with van der Waals surface area (Å²) in [4.78, 5) is 26.0. The number of hydrogen-bond donors (Lipinski definition) is 0. The summed E-state index contributed by atoms with van der Waals surface area (Å²) >= 11 is 0. The van der Waals surface area contributed by atoms with Gasteiger partial charge in [-0.1, -0.05) is 20.3 Å². The van der Waals surface area contributed by atoms with Crippen LogP contribution in [0, 0.1) is 0 Å². The van der Waals surface area contributed by atoms with E-state index in [-0.39, 0.29) is 5.91 Å². The third kappa shape index (κ3) is 3.24. The van der Waals surface area contributed by atoms with Crippen molar-refractivity contribution in [3.63, 3.8) is 0 Å².